The Morgan fingerprint density at radius 3 is 3.13 bits per heavy atom. The Morgan fingerprint density at radius 2 is 2.33 bits per heavy atom. The van der Waals surface area contributed by atoms with Gasteiger partial charge in [0, 0.05) is 16.8 Å². The van der Waals surface area contributed by atoms with E-state index in [0.717, 1.165) is 16.0 Å². The van der Waals surface area contributed by atoms with Crippen LogP contribution in [0.5, 0.6) is 0 Å². The predicted molar refractivity (Wildman–Crippen MR) is 59.1 cm³/mol. The highest BCUT2D eigenvalue weighted by molar-refractivity contribution is 7.98. The molecule has 5 heteroatoms. The van der Waals surface area contributed by atoms with Gasteiger partial charge in [-0.15, -0.1) is 4.52 Å². The molecule has 76 valence electrons. The SMILES string of the molecule is NC(=O)Cc1ccc2c(c1)C=CN=NS2. The van der Waals surface area contributed by atoms with Crippen molar-refractivity contribution in [3.63, 3.8) is 0 Å². The van der Waals surface area contributed by atoms with Crippen LogP contribution in [0, 0.1) is 0 Å². The number of rotatable bonds is 2. The summed E-state index contributed by atoms with van der Waals surface area (Å²) in [5.74, 6) is -0.324. The first-order chi connectivity index (χ1) is 7.25. The summed E-state index contributed by atoms with van der Waals surface area (Å²) in [6.07, 6.45) is 3.76. The molecular formula is C10H9N3OS. The van der Waals surface area contributed by atoms with Crippen molar-refractivity contribution in [1.82, 2.24) is 0 Å². The number of nitrogens with zero attached hydrogens (tertiary/aromatic N) is 2. The summed E-state index contributed by atoms with van der Waals surface area (Å²) in [7, 11) is 0. The molecule has 0 unspecified atom stereocenters. The van der Waals surface area contributed by atoms with Crippen molar-refractivity contribution in [1.29, 1.82) is 0 Å². The standard InChI is InChI=1S/C10H9N3OS/c11-10(14)6-7-1-2-9-8(5-7)3-4-12-13-15-9/h1-5H,6H2,(H2,11,14). The van der Waals surface area contributed by atoms with Gasteiger partial charge in [0.15, 0.2) is 0 Å². The van der Waals surface area contributed by atoms with E-state index < -0.39 is 0 Å². The highest BCUT2D eigenvalue weighted by Gasteiger charge is 2.05. The van der Waals surface area contributed by atoms with Crippen LogP contribution in [-0.2, 0) is 11.2 Å². The summed E-state index contributed by atoms with van der Waals surface area (Å²) < 4.78 is 3.87. The van der Waals surface area contributed by atoms with Crippen LogP contribution in [0.4, 0.5) is 0 Å². The fraction of sp³-hybridized carbons (Fsp3) is 0.100. The average Bonchev–Trinajstić information content (AvgIpc) is 2.41. The van der Waals surface area contributed by atoms with Crippen molar-refractivity contribution in [2.75, 3.05) is 0 Å². The second-order valence-electron chi connectivity index (χ2n) is 3.12. The van der Waals surface area contributed by atoms with Gasteiger partial charge in [-0.3, -0.25) is 4.79 Å². The van der Waals surface area contributed by atoms with E-state index in [4.69, 9.17) is 5.73 Å². The van der Waals surface area contributed by atoms with Crippen molar-refractivity contribution < 1.29 is 4.79 Å². The molecule has 0 saturated carbocycles. The van der Waals surface area contributed by atoms with Crippen LogP contribution in [0.2, 0.25) is 0 Å². The third-order valence-electron chi connectivity index (χ3n) is 1.96. The lowest BCUT2D eigenvalue weighted by molar-refractivity contribution is -0.117. The number of hydrogen-bond acceptors (Lipinski definition) is 4. The molecular weight excluding hydrogens is 210 g/mol. The summed E-state index contributed by atoms with van der Waals surface area (Å²) in [6, 6.07) is 5.73. The minimum Gasteiger partial charge on any atom is -0.369 e. The summed E-state index contributed by atoms with van der Waals surface area (Å²) in [6.45, 7) is 0. The van der Waals surface area contributed by atoms with Crippen LogP contribution in [-0.4, -0.2) is 5.91 Å². The maximum atomic E-state index is 10.8. The van der Waals surface area contributed by atoms with Crippen LogP contribution in [0.25, 0.3) is 6.08 Å². The molecule has 0 aliphatic carbocycles. The van der Waals surface area contributed by atoms with E-state index >= 15 is 0 Å². The maximum absolute atomic E-state index is 10.8. The highest BCUT2D eigenvalue weighted by Crippen LogP contribution is 2.28. The molecule has 0 aromatic heterocycles. The third-order valence-corrected chi connectivity index (χ3v) is 2.70. The van der Waals surface area contributed by atoms with E-state index in [0.29, 0.717) is 0 Å². The van der Waals surface area contributed by atoms with Gasteiger partial charge in [-0.2, -0.15) is 5.11 Å². The number of carbonyl (C=O) groups is 1. The second kappa shape index (κ2) is 4.27. The molecule has 1 aliphatic heterocycles. The number of benzene rings is 1. The Bertz CT molecular complexity index is 454. The van der Waals surface area contributed by atoms with E-state index in [-0.39, 0.29) is 12.3 Å². The topological polar surface area (TPSA) is 67.8 Å². The number of hydrogen-bond donors (Lipinski definition) is 1. The molecule has 0 atom stereocenters. The van der Waals surface area contributed by atoms with Crippen LogP contribution in [0.3, 0.4) is 0 Å². The van der Waals surface area contributed by atoms with Crippen molar-refractivity contribution in [3.8, 4) is 0 Å². The van der Waals surface area contributed by atoms with Gasteiger partial charge in [0.1, 0.15) is 0 Å². The third kappa shape index (κ3) is 2.44. The monoisotopic (exact) mass is 219 g/mol. The van der Waals surface area contributed by atoms with Gasteiger partial charge < -0.3 is 5.73 Å². The van der Waals surface area contributed by atoms with Crippen LogP contribution in [0.1, 0.15) is 11.1 Å². The molecule has 1 heterocycles. The molecule has 1 amide bonds. The normalized spacial score (nSPS) is 13.3. The molecule has 0 bridgehead atoms. The van der Waals surface area contributed by atoms with Gasteiger partial charge in [-0.25, -0.2) is 0 Å². The number of primary amides is 1. The summed E-state index contributed by atoms with van der Waals surface area (Å²) >= 11 is 1.32. The summed E-state index contributed by atoms with van der Waals surface area (Å²) in [4.78, 5) is 11.8. The zero-order chi connectivity index (χ0) is 10.7. The van der Waals surface area contributed by atoms with Gasteiger partial charge in [-0.05, 0) is 29.3 Å². The Hall–Kier alpha value is -1.62. The zero-order valence-electron chi connectivity index (χ0n) is 7.88. The molecule has 4 nitrogen and oxygen atoms in total. The minimum atomic E-state index is -0.324. The quantitative estimate of drug-likeness (QED) is 0.774. The first-order valence-corrected chi connectivity index (χ1v) is 5.18. The van der Waals surface area contributed by atoms with Gasteiger partial charge >= 0.3 is 0 Å². The average molecular weight is 219 g/mol. The van der Waals surface area contributed by atoms with E-state index in [2.05, 4.69) is 9.63 Å². The van der Waals surface area contributed by atoms with Crippen LogP contribution < -0.4 is 5.73 Å². The van der Waals surface area contributed by atoms with Crippen LogP contribution in [0.15, 0.2) is 38.9 Å². The van der Waals surface area contributed by atoms with Crippen molar-refractivity contribution >= 4 is 23.9 Å². The number of carbonyl (C=O) groups excluding carboxylic acids is 1. The van der Waals surface area contributed by atoms with Gasteiger partial charge in [-0.1, -0.05) is 6.07 Å². The Balaban J connectivity index is 2.33. The summed E-state index contributed by atoms with van der Waals surface area (Å²) in [5.41, 5.74) is 7.06. The largest absolute Gasteiger partial charge is 0.369 e. The van der Waals surface area contributed by atoms with Crippen molar-refractivity contribution in [2.45, 2.75) is 11.3 Å². The lowest BCUT2D eigenvalue weighted by Gasteiger charge is -2.03. The maximum Gasteiger partial charge on any atom is 0.221 e. The highest BCUT2D eigenvalue weighted by atomic mass is 32.2. The smallest absolute Gasteiger partial charge is 0.221 e. The first kappa shape index (κ1) is 9.92. The second-order valence-corrected chi connectivity index (χ2v) is 3.91. The molecule has 15 heavy (non-hydrogen) atoms. The molecule has 1 aromatic carbocycles. The van der Waals surface area contributed by atoms with Gasteiger partial charge in [0.2, 0.25) is 5.91 Å². The molecule has 2 N–H and O–H groups in total. The van der Waals surface area contributed by atoms with E-state index in [9.17, 15) is 4.79 Å². The van der Waals surface area contributed by atoms with Gasteiger partial charge in [0.05, 0.1) is 12.6 Å². The Labute approximate surface area is 91.4 Å². The van der Waals surface area contributed by atoms with E-state index in [1.165, 1.54) is 11.9 Å². The van der Waals surface area contributed by atoms with Gasteiger partial charge in [0.25, 0.3) is 0 Å². The molecule has 1 aromatic rings. The fourth-order valence-corrected chi connectivity index (χ4v) is 1.88. The zero-order valence-corrected chi connectivity index (χ0v) is 8.70. The summed E-state index contributed by atoms with van der Waals surface area (Å²) in [5, 5.41) is 3.79. The molecule has 0 saturated heterocycles. The minimum absolute atomic E-state index is 0.264. The lowest BCUT2D eigenvalue weighted by Crippen LogP contribution is -2.13. The van der Waals surface area contributed by atoms with E-state index in [1.54, 1.807) is 6.20 Å². The number of amides is 1. The first-order valence-electron chi connectivity index (χ1n) is 4.40. The van der Waals surface area contributed by atoms with Crippen LogP contribution >= 0.6 is 11.9 Å². The fourth-order valence-electron chi connectivity index (χ4n) is 1.33. The van der Waals surface area contributed by atoms with Crippen molar-refractivity contribution in [3.05, 3.63) is 35.5 Å². The van der Waals surface area contributed by atoms with E-state index in [1.807, 2.05) is 24.3 Å². The molecule has 0 radical (unpaired) electrons. The molecule has 2 rings (SSSR count). The lowest BCUT2D eigenvalue weighted by atomic mass is 10.1. The molecule has 0 spiro atoms. The Morgan fingerprint density at radius 1 is 1.47 bits per heavy atom. The Kier molecular flexibility index (Phi) is 2.82. The molecule has 0 fully saturated rings. The number of fused-ring (bicyclic) bond motifs is 1. The number of nitrogens with two attached hydrogens (primary N) is 1. The van der Waals surface area contributed by atoms with Crippen molar-refractivity contribution in [2.24, 2.45) is 15.4 Å². The molecule has 1 aliphatic rings. The predicted octanol–water partition coefficient (Wildman–Crippen LogP) is 2.16.